The van der Waals surface area contributed by atoms with Gasteiger partial charge in [-0.05, 0) is 31.4 Å². The minimum absolute atomic E-state index is 0.0785. The van der Waals surface area contributed by atoms with Crippen molar-refractivity contribution in [1.82, 2.24) is 10.2 Å². The van der Waals surface area contributed by atoms with Gasteiger partial charge in [0.15, 0.2) is 0 Å². The molecule has 7 heteroatoms. The third-order valence-electron chi connectivity index (χ3n) is 2.47. The van der Waals surface area contributed by atoms with Crippen LogP contribution in [0.5, 0.6) is 0 Å². The van der Waals surface area contributed by atoms with Crippen molar-refractivity contribution in [2.24, 2.45) is 0 Å². The summed E-state index contributed by atoms with van der Waals surface area (Å²) >= 11 is 1.16. The fourth-order valence-corrected chi connectivity index (χ4v) is 2.30. The first-order chi connectivity index (χ1) is 8.99. The molecule has 0 aliphatic heterocycles. The number of aromatic carboxylic acids is 1. The SMILES string of the molecule is Cc1cc(C(=O)Nc2sccc2C(=O)O)c(C)nn1. The van der Waals surface area contributed by atoms with Crippen molar-refractivity contribution < 1.29 is 14.7 Å². The van der Waals surface area contributed by atoms with E-state index >= 15 is 0 Å². The summed E-state index contributed by atoms with van der Waals surface area (Å²) in [4.78, 5) is 23.0. The number of hydrogen-bond donors (Lipinski definition) is 2. The molecule has 19 heavy (non-hydrogen) atoms. The number of aryl methyl sites for hydroxylation is 2. The zero-order valence-electron chi connectivity index (χ0n) is 10.3. The van der Waals surface area contributed by atoms with Crippen molar-refractivity contribution >= 4 is 28.2 Å². The molecule has 0 spiro atoms. The van der Waals surface area contributed by atoms with Gasteiger partial charge in [0.1, 0.15) is 5.00 Å². The summed E-state index contributed by atoms with van der Waals surface area (Å²) in [5, 5.41) is 21.2. The molecule has 0 unspecified atom stereocenters. The molecule has 0 aliphatic rings. The van der Waals surface area contributed by atoms with E-state index in [0.717, 1.165) is 11.3 Å². The maximum atomic E-state index is 12.1. The van der Waals surface area contributed by atoms with Crippen LogP contribution in [0.3, 0.4) is 0 Å². The monoisotopic (exact) mass is 277 g/mol. The molecule has 0 bridgehead atoms. The van der Waals surface area contributed by atoms with E-state index in [-0.39, 0.29) is 11.5 Å². The molecule has 2 N–H and O–H groups in total. The molecule has 0 saturated carbocycles. The smallest absolute Gasteiger partial charge is 0.338 e. The Bertz CT molecular complexity index is 651. The maximum absolute atomic E-state index is 12.1. The molecule has 0 aliphatic carbocycles. The largest absolute Gasteiger partial charge is 0.478 e. The lowest BCUT2D eigenvalue weighted by atomic mass is 10.2. The molecule has 0 radical (unpaired) electrons. The third-order valence-corrected chi connectivity index (χ3v) is 3.30. The highest BCUT2D eigenvalue weighted by Gasteiger charge is 2.16. The van der Waals surface area contributed by atoms with E-state index in [4.69, 9.17) is 5.11 Å². The van der Waals surface area contributed by atoms with Crippen molar-refractivity contribution in [2.45, 2.75) is 13.8 Å². The Morgan fingerprint density at radius 3 is 2.68 bits per heavy atom. The van der Waals surface area contributed by atoms with Crippen LogP contribution in [0.25, 0.3) is 0 Å². The van der Waals surface area contributed by atoms with Crippen LogP contribution in [0.15, 0.2) is 17.5 Å². The van der Waals surface area contributed by atoms with Crippen LogP contribution in [0.1, 0.15) is 32.1 Å². The Morgan fingerprint density at radius 1 is 1.26 bits per heavy atom. The number of rotatable bonds is 3. The summed E-state index contributed by atoms with van der Waals surface area (Å²) in [5.41, 5.74) is 1.59. The summed E-state index contributed by atoms with van der Waals surface area (Å²) in [7, 11) is 0. The van der Waals surface area contributed by atoms with E-state index in [1.165, 1.54) is 6.07 Å². The van der Waals surface area contributed by atoms with Crippen LogP contribution in [0, 0.1) is 13.8 Å². The molecule has 2 heterocycles. The van der Waals surface area contributed by atoms with E-state index in [1.54, 1.807) is 25.3 Å². The first kappa shape index (κ1) is 13.2. The molecular formula is C12H11N3O3S. The number of hydrogen-bond acceptors (Lipinski definition) is 5. The van der Waals surface area contributed by atoms with Crippen molar-refractivity contribution in [1.29, 1.82) is 0 Å². The summed E-state index contributed by atoms with van der Waals surface area (Å²) in [6.45, 7) is 3.41. The number of anilines is 1. The predicted octanol–water partition coefficient (Wildman–Crippen LogP) is 2.11. The highest BCUT2D eigenvalue weighted by Crippen LogP contribution is 2.24. The number of nitrogens with zero attached hydrogens (tertiary/aromatic N) is 2. The van der Waals surface area contributed by atoms with Crippen LogP contribution < -0.4 is 5.32 Å². The van der Waals surface area contributed by atoms with Gasteiger partial charge in [0.2, 0.25) is 0 Å². The van der Waals surface area contributed by atoms with Crippen molar-refractivity contribution in [3.05, 3.63) is 40.0 Å². The zero-order valence-corrected chi connectivity index (χ0v) is 11.1. The van der Waals surface area contributed by atoms with Gasteiger partial charge in [-0.25, -0.2) is 4.79 Å². The minimum Gasteiger partial charge on any atom is -0.478 e. The average Bonchev–Trinajstić information content (AvgIpc) is 2.80. The van der Waals surface area contributed by atoms with E-state index in [1.807, 2.05) is 0 Å². The van der Waals surface area contributed by atoms with Gasteiger partial charge in [-0.2, -0.15) is 10.2 Å². The lowest BCUT2D eigenvalue weighted by Crippen LogP contribution is -2.16. The number of carboxylic acids is 1. The van der Waals surface area contributed by atoms with Crippen molar-refractivity contribution in [3.8, 4) is 0 Å². The van der Waals surface area contributed by atoms with Crippen LogP contribution in [-0.2, 0) is 0 Å². The quantitative estimate of drug-likeness (QED) is 0.896. The predicted molar refractivity (Wildman–Crippen MR) is 70.7 cm³/mol. The summed E-state index contributed by atoms with van der Waals surface area (Å²) in [6, 6.07) is 3.07. The number of carbonyl (C=O) groups excluding carboxylic acids is 1. The molecule has 2 rings (SSSR count). The molecule has 0 atom stereocenters. The molecule has 2 aromatic rings. The topological polar surface area (TPSA) is 92.2 Å². The second kappa shape index (κ2) is 5.15. The Morgan fingerprint density at radius 2 is 2.00 bits per heavy atom. The van der Waals surface area contributed by atoms with Gasteiger partial charge >= 0.3 is 5.97 Å². The van der Waals surface area contributed by atoms with Crippen molar-refractivity contribution in [3.63, 3.8) is 0 Å². The molecule has 6 nitrogen and oxygen atoms in total. The molecule has 0 fully saturated rings. The Kier molecular flexibility index (Phi) is 3.57. The highest BCUT2D eigenvalue weighted by atomic mass is 32.1. The summed E-state index contributed by atoms with van der Waals surface area (Å²) in [6.07, 6.45) is 0. The molecular weight excluding hydrogens is 266 g/mol. The average molecular weight is 277 g/mol. The maximum Gasteiger partial charge on any atom is 0.338 e. The minimum atomic E-state index is -1.07. The third kappa shape index (κ3) is 2.76. The fraction of sp³-hybridized carbons (Fsp3) is 0.167. The number of carbonyl (C=O) groups is 2. The normalized spacial score (nSPS) is 10.2. The zero-order chi connectivity index (χ0) is 14.0. The second-order valence-corrected chi connectivity index (χ2v) is 4.82. The van der Waals surface area contributed by atoms with Gasteiger partial charge in [-0.1, -0.05) is 0 Å². The van der Waals surface area contributed by atoms with Crippen molar-refractivity contribution in [2.75, 3.05) is 5.32 Å². The first-order valence-electron chi connectivity index (χ1n) is 5.42. The van der Waals surface area contributed by atoms with Gasteiger partial charge in [-0.15, -0.1) is 11.3 Å². The van der Waals surface area contributed by atoms with E-state index in [0.29, 0.717) is 22.0 Å². The van der Waals surface area contributed by atoms with E-state index in [9.17, 15) is 9.59 Å². The van der Waals surface area contributed by atoms with Crippen LogP contribution in [-0.4, -0.2) is 27.2 Å². The van der Waals surface area contributed by atoms with Crippen LogP contribution >= 0.6 is 11.3 Å². The lowest BCUT2D eigenvalue weighted by Gasteiger charge is -2.06. The summed E-state index contributed by atoms with van der Waals surface area (Å²) in [5.74, 6) is -1.46. The van der Waals surface area contributed by atoms with Crippen LogP contribution in [0.4, 0.5) is 5.00 Å². The first-order valence-corrected chi connectivity index (χ1v) is 6.30. The Labute approximate surface area is 113 Å². The number of amides is 1. The number of carboxylic acid groups (broad SMARTS) is 1. The number of thiophene rings is 1. The van der Waals surface area contributed by atoms with Gasteiger partial charge < -0.3 is 10.4 Å². The molecule has 2 aromatic heterocycles. The standard InChI is InChI=1S/C12H11N3O3S/c1-6-5-9(7(2)15-14-6)10(16)13-11-8(12(17)18)3-4-19-11/h3-5H,1-2H3,(H,13,16)(H,17,18). The summed E-state index contributed by atoms with van der Waals surface area (Å²) < 4.78 is 0. The molecule has 98 valence electrons. The molecule has 0 saturated heterocycles. The number of nitrogens with one attached hydrogen (secondary N) is 1. The van der Waals surface area contributed by atoms with E-state index in [2.05, 4.69) is 15.5 Å². The van der Waals surface area contributed by atoms with E-state index < -0.39 is 5.97 Å². The highest BCUT2D eigenvalue weighted by molar-refractivity contribution is 7.14. The molecule has 0 aromatic carbocycles. The number of aromatic nitrogens is 2. The lowest BCUT2D eigenvalue weighted by molar-refractivity contribution is 0.0698. The van der Waals surface area contributed by atoms with Gasteiger partial charge in [0.25, 0.3) is 5.91 Å². The fourth-order valence-electron chi connectivity index (χ4n) is 1.52. The molecule has 1 amide bonds. The van der Waals surface area contributed by atoms with Gasteiger partial charge in [0.05, 0.1) is 22.5 Å². The Balaban J connectivity index is 2.28. The van der Waals surface area contributed by atoms with Crippen LogP contribution in [0.2, 0.25) is 0 Å². The Hall–Kier alpha value is -2.28. The van der Waals surface area contributed by atoms with Gasteiger partial charge in [0, 0.05) is 0 Å². The second-order valence-electron chi connectivity index (χ2n) is 3.91. The van der Waals surface area contributed by atoms with Gasteiger partial charge in [-0.3, -0.25) is 4.79 Å².